The van der Waals surface area contributed by atoms with Gasteiger partial charge in [0.1, 0.15) is 6.61 Å². The fourth-order valence-corrected chi connectivity index (χ4v) is 4.65. The summed E-state index contributed by atoms with van der Waals surface area (Å²) in [4.78, 5) is 48.1. The minimum Gasteiger partial charge on any atom is -0.445 e. The molecule has 1 unspecified atom stereocenters. The van der Waals surface area contributed by atoms with E-state index in [1.165, 1.54) is 11.2 Å². The van der Waals surface area contributed by atoms with E-state index in [-0.39, 0.29) is 44.0 Å². The van der Waals surface area contributed by atoms with E-state index in [1.807, 2.05) is 91.9 Å². The van der Waals surface area contributed by atoms with Gasteiger partial charge in [-0.25, -0.2) is 9.78 Å². The van der Waals surface area contributed by atoms with Crippen LogP contribution < -0.4 is 10.6 Å². The van der Waals surface area contributed by atoms with Gasteiger partial charge in [0.15, 0.2) is 0 Å². The first-order chi connectivity index (χ1) is 20.4. The van der Waals surface area contributed by atoms with Crippen LogP contribution in [0.4, 0.5) is 4.79 Å². The number of nitrogens with one attached hydrogen (secondary N) is 3. The molecule has 3 aromatic carbocycles. The molecule has 3 N–H and O–H groups in total. The molecular formula is C32H34BrN5O4. The van der Waals surface area contributed by atoms with Crippen LogP contribution in [-0.2, 0) is 27.5 Å². The molecule has 9 nitrogen and oxygen atoms in total. The van der Waals surface area contributed by atoms with Crippen LogP contribution in [0, 0.1) is 0 Å². The largest absolute Gasteiger partial charge is 0.445 e. The molecule has 0 aliphatic carbocycles. The maximum absolute atomic E-state index is 14.0. The second kappa shape index (κ2) is 15.5. The van der Waals surface area contributed by atoms with Gasteiger partial charge in [-0.2, -0.15) is 0 Å². The lowest BCUT2D eigenvalue weighted by Crippen LogP contribution is -2.45. The third-order valence-electron chi connectivity index (χ3n) is 6.76. The van der Waals surface area contributed by atoms with Gasteiger partial charge in [0, 0.05) is 36.0 Å². The van der Waals surface area contributed by atoms with Gasteiger partial charge in [-0.1, -0.05) is 95.7 Å². The summed E-state index contributed by atoms with van der Waals surface area (Å²) < 4.78 is 6.24. The molecule has 2 atom stereocenters. The first kappa shape index (κ1) is 30.5. The Balaban J connectivity index is 1.44. The standard InChI is InChI=1S/C32H34BrN5O4/c1-23(26-10-6-3-7-11-26)16-35-30(39)20-38(19-24-12-14-27(33)15-13-24)31(40)28(29-18-34-22-37-29)17-36-32(41)42-21-25-8-4-2-5-9-25/h2-15,18,22-23,28H,16-17,19-21H2,1H3,(H,34,37)(H,35,39)(H,36,41)/t23?,28-/m0/s1. The van der Waals surface area contributed by atoms with Crippen LogP contribution in [0.5, 0.6) is 0 Å². The summed E-state index contributed by atoms with van der Waals surface area (Å²) in [5.41, 5.74) is 3.34. The van der Waals surface area contributed by atoms with Gasteiger partial charge < -0.3 is 25.3 Å². The number of aromatic nitrogens is 2. The quantitative estimate of drug-likeness (QED) is 0.189. The van der Waals surface area contributed by atoms with Crippen LogP contribution in [0.3, 0.4) is 0 Å². The predicted molar refractivity (Wildman–Crippen MR) is 163 cm³/mol. The van der Waals surface area contributed by atoms with E-state index in [0.29, 0.717) is 12.2 Å². The van der Waals surface area contributed by atoms with E-state index in [9.17, 15) is 14.4 Å². The summed E-state index contributed by atoms with van der Waals surface area (Å²) in [5, 5.41) is 5.66. The minimum atomic E-state index is -0.816. The molecule has 0 fully saturated rings. The molecule has 0 radical (unpaired) electrons. The van der Waals surface area contributed by atoms with Crippen LogP contribution in [0.15, 0.2) is 102 Å². The van der Waals surface area contributed by atoms with E-state index in [2.05, 4.69) is 36.5 Å². The van der Waals surface area contributed by atoms with Crippen molar-refractivity contribution in [1.82, 2.24) is 25.5 Å². The van der Waals surface area contributed by atoms with E-state index >= 15 is 0 Å². The van der Waals surface area contributed by atoms with Crippen LogP contribution >= 0.6 is 15.9 Å². The number of benzene rings is 3. The molecule has 1 heterocycles. The topological polar surface area (TPSA) is 116 Å². The van der Waals surface area contributed by atoms with Crippen molar-refractivity contribution in [2.24, 2.45) is 0 Å². The number of H-pyrrole nitrogens is 1. The predicted octanol–water partition coefficient (Wildman–Crippen LogP) is 5.13. The highest BCUT2D eigenvalue weighted by Crippen LogP contribution is 2.19. The van der Waals surface area contributed by atoms with Gasteiger partial charge >= 0.3 is 6.09 Å². The summed E-state index contributed by atoms with van der Waals surface area (Å²) in [6.45, 7) is 2.58. The van der Waals surface area contributed by atoms with Crippen molar-refractivity contribution in [3.05, 3.63) is 124 Å². The first-order valence-electron chi connectivity index (χ1n) is 13.7. The second-order valence-corrected chi connectivity index (χ2v) is 10.9. The first-order valence-corrected chi connectivity index (χ1v) is 14.5. The summed E-state index contributed by atoms with van der Waals surface area (Å²) in [6, 6.07) is 26.8. The molecule has 0 saturated heterocycles. The van der Waals surface area contributed by atoms with Crippen molar-refractivity contribution in [3.8, 4) is 0 Å². The van der Waals surface area contributed by atoms with Crippen molar-refractivity contribution >= 4 is 33.8 Å². The summed E-state index contributed by atoms with van der Waals surface area (Å²) in [5.74, 6) is -1.32. The van der Waals surface area contributed by atoms with Gasteiger partial charge in [-0.15, -0.1) is 0 Å². The number of hydrogen-bond acceptors (Lipinski definition) is 5. The van der Waals surface area contributed by atoms with E-state index in [0.717, 1.165) is 21.2 Å². The minimum absolute atomic E-state index is 0.0435. The Hall–Kier alpha value is -4.44. The fraction of sp³-hybridized carbons (Fsp3) is 0.250. The number of hydrogen-bond donors (Lipinski definition) is 3. The number of halogens is 1. The lowest BCUT2D eigenvalue weighted by atomic mass is 10.0. The third-order valence-corrected chi connectivity index (χ3v) is 7.29. The number of nitrogens with zero attached hydrogens (tertiary/aromatic N) is 2. The van der Waals surface area contributed by atoms with Crippen LogP contribution in [0.1, 0.15) is 41.1 Å². The van der Waals surface area contributed by atoms with Gasteiger partial charge in [0.2, 0.25) is 11.8 Å². The number of ether oxygens (including phenoxy) is 1. The van der Waals surface area contributed by atoms with Gasteiger partial charge in [0.05, 0.1) is 18.8 Å². The maximum Gasteiger partial charge on any atom is 0.407 e. The number of imidazole rings is 1. The molecule has 10 heteroatoms. The van der Waals surface area contributed by atoms with Crippen molar-refractivity contribution in [3.63, 3.8) is 0 Å². The van der Waals surface area contributed by atoms with Gasteiger partial charge in [-0.3, -0.25) is 9.59 Å². The maximum atomic E-state index is 14.0. The number of carbonyl (C=O) groups excluding carboxylic acids is 3. The van der Waals surface area contributed by atoms with E-state index in [1.54, 1.807) is 6.20 Å². The zero-order valence-electron chi connectivity index (χ0n) is 23.3. The normalized spacial score (nSPS) is 12.1. The van der Waals surface area contributed by atoms with Crippen LogP contribution in [-0.4, -0.2) is 52.4 Å². The highest BCUT2D eigenvalue weighted by atomic mass is 79.9. The van der Waals surface area contributed by atoms with Crippen molar-refractivity contribution in [1.29, 1.82) is 0 Å². The highest BCUT2D eigenvalue weighted by molar-refractivity contribution is 9.10. The molecule has 0 bridgehead atoms. The zero-order chi connectivity index (χ0) is 29.7. The second-order valence-electron chi connectivity index (χ2n) is 9.94. The number of rotatable bonds is 13. The average Bonchev–Trinajstić information content (AvgIpc) is 3.55. The van der Waals surface area contributed by atoms with Gasteiger partial charge in [-0.05, 0) is 34.7 Å². The third kappa shape index (κ3) is 9.31. The van der Waals surface area contributed by atoms with Crippen molar-refractivity contribution in [2.75, 3.05) is 19.6 Å². The molecule has 0 aliphatic heterocycles. The monoisotopic (exact) mass is 631 g/mol. The number of alkyl carbamates (subject to hydrolysis) is 1. The van der Waals surface area contributed by atoms with Crippen molar-refractivity contribution < 1.29 is 19.1 Å². The summed E-state index contributed by atoms with van der Waals surface area (Å²) >= 11 is 3.44. The van der Waals surface area contributed by atoms with Crippen LogP contribution in [0.25, 0.3) is 0 Å². The number of amides is 3. The smallest absolute Gasteiger partial charge is 0.407 e. The number of aromatic amines is 1. The molecular weight excluding hydrogens is 598 g/mol. The Labute approximate surface area is 253 Å². The fourth-order valence-electron chi connectivity index (χ4n) is 4.38. The average molecular weight is 633 g/mol. The SMILES string of the molecule is CC(CNC(=O)CN(Cc1ccc(Br)cc1)C(=O)[C@@H](CNC(=O)OCc1ccccc1)c1cnc[nH]1)c1ccccc1. The molecule has 4 aromatic rings. The Morgan fingerprint density at radius 2 is 1.60 bits per heavy atom. The van der Waals surface area contributed by atoms with E-state index < -0.39 is 12.0 Å². The van der Waals surface area contributed by atoms with Crippen molar-refractivity contribution in [2.45, 2.75) is 31.9 Å². The van der Waals surface area contributed by atoms with Gasteiger partial charge in [0.25, 0.3) is 0 Å². The Morgan fingerprint density at radius 3 is 2.26 bits per heavy atom. The molecule has 4 rings (SSSR count). The van der Waals surface area contributed by atoms with Crippen LogP contribution in [0.2, 0.25) is 0 Å². The molecule has 42 heavy (non-hydrogen) atoms. The molecule has 3 amide bonds. The lowest BCUT2D eigenvalue weighted by molar-refractivity contribution is -0.138. The number of carbonyl (C=O) groups is 3. The highest BCUT2D eigenvalue weighted by Gasteiger charge is 2.29. The molecule has 0 spiro atoms. The van der Waals surface area contributed by atoms with E-state index in [4.69, 9.17) is 4.74 Å². The lowest BCUT2D eigenvalue weighted by Gasteiger charge is -2.27. The summed E-state index contributed by atoms with van der Waals surface area (Å²) in [6.07, 6.45) is 2.36. The molecule has 0 aliphatic rings. The molecule has 218 valence electrons. The zero-order valence-corrected chi connectivity index (χ0v) is 24.9. The summed E-state index contributed by atoms with van der Waals surface area (Å²) in [7, 11) is 0. The Kier molecular flexibility index (Phi) is 11.3. The Morgan fingerprint density at radius 1 is 0.905 bits per heavy atom. The molecule has 0 saturated carbocycles. The Bertz CT molecular complexity index is 1420. The molecule has 1 aromatic heterocycles.